The van der Waals surface area contributed by atoms with Crippen LogP contribution in [0, 0.1) is 0 Å². The van der Waals surface area contributed by atoms with E-state index in [0.29, 0.717) is 18.1 Å². The molecule has 1 fully saturated rings. The van der Waals surface area contributed by atoms with E-state index in [1.165, 1.54) is 6.07 Å². The molecule has 170 valence electrons. The highest BCUT2D eigenvalue weighted by molar-refractivity contribution is 14.0. The second-order valence-electron chi connectivity index (χ2n) is 6.81. The van der Waals surface area contributed by atoms with Gasteiger partial charge >= 0.3 is 6.61 Å². The van der Waals surface area contributed by atoms with Crippen molar-refractivity contribution >= 4 is 40.0 Å². The summed E-state index contributed by atoms with van der Waals surface area (Å²) < 4.78 is 56.6. The summed E-state index contributed by atoms with van der Waals surface area (Å²) in [6.07, 6.45) is 1.76. The number of rotatable bonds is 9. The third-order valence-electron chi connectivity index (χ3n) is 4.45. The maximum Gasteiger partial charge on any atom is 0.387 e. The first kappa shape index (κ1) is 25.3. The largest absolute Gasteiger partial charge is 0.434 e. The van der Waals surface area contributed by atoms with Crippen molar-refractivity contribution in [3.05, 3.63) is 59.7 Å². The lowest BCUT2D eigenvalue weighted by Gasteiger charge is -2.14. The standard InChI is InChI=1S/C20H24F2N4O3S.HI/c1-23-20(25-13-15-4-2-3-5-18(15)29-19(21)22)24-12-14-6-10-17(11-7-14)30(27,28)26-16-8-9-16;/h2-7,10-11,16,19,26H,8-9,12-13H2,1H3,(H2,23,24,25);1H. The summed E-state index contributed by atoms with van der Waals surface area (Å²) in [5.41, 5.74) is 1.43. The Morgan fingerprint density at radius 1 is 1.10 bits per heavy atom. The van der Waals surface area contributed by atoms with E-state index in [2.05, 4.69) is 25.1 Å². The Balaban J connectivity index is 0.00000341. The Hall–Kier alpha value is -1.99. The molecule has 0 atom stereocenters. The zero-order valence-corrected chi connectivity index (χ0v) is 20.0. The fourth-order valence-electron chi connectivity index (χ4n) is 2.72. The number of nitrogens with zero attached hydrogens (tertiary/aromatic N) is 1. The summed E-state index contributed by atoms with van der Waals surface area (Å²) in [6.45, 7) is -2.24. The maximum atomic E-state index is 12.5. The van der Waals surface area contributed by atoms with Gasteiger partial charge in [-0.15, -0.1) is 24.0 Å². The molecule has 1 aliphatic rings. The van der Waals surface area contributed by atoms with E-state index >= 15 is 0 Å². The molecule has 11 heteroatoms. The molecule has 0 aromatic heterocycles. The predicted molar refractivity (Wildman–Crippen MR) is 125 cm³/mol. The van der Waals surface area contributed by atoms with Crippen molar-refractivity contribution in [2.24, 2.45) is 4.99 Å². The second kappa shape index (κ2) is 11.6. The van der Waals surface area contributed by atoms with E-state index in [1.54, 1.807) is 49.5 Å². The summed E-state index contributed by atoms with van der Waals surface area (Å²) in [4.78, 5) is 4.34. The number of halogens is 3. The van der Waals surface area contributed by atoms with Crippen molar-refractivity contribution in [2.45, 2.75) is 43.5 Å². The molecular formula is C20H25F2IN4O3S. The summed E-state index contributed by atoms with van der Waals surface area (Å²) in [5.74, 6) is 0.570. The average Bonchev–Trinajstić information content (AvgIpc) is 3.52. The van der Waals surface area contributed by atoms with Crippen molar-refractivity contribution in [1.29, 1.82) is 0 Å². The minimum atomic E-state index is -3.47. The summed E-state index contributed by atoms with van der Waals surface area (Å²) >= 11 is 0. The van der Waals surface area contributed by atoms with Gasteiger partial charge in [0.25, 0.3) is 0 Å². The Kier molecular flexibility index (Phi) is 9.44. The Labute approximate surface area is 197 Å². The Morgan fingerprint density at radius 2 is 1.74 bits per heavy atom. The zero-order chi connectivity index (χ0) is 21.6. The molecule has 3 N–H and O–H groups in total. The molecule has 0 heterocycles. The fourth-order valence-corrected chi connectivity index (χ4v) is 4.03. The normalized spacial score (nSPS) is 14.1. The van der Waals surface area contributed by atoms with Gasteiger partial charge in [0.1, 0.15) is 5.75 Å². The first-order valence-corrected chi connectivity index (χ1v) is 10.9. The van der Waals surface area contributed by atoms with Crippen LogP contribution in [0.2, 0.25) is 0 Å². The highest BCUT2D eigenvalue weighted by Gasteiger charge is 2.27. The molecule has 2 aromatic rings. The van der Waals surface area contributed by atoms with Crippen molar-refractivity contribution in [1.82, 2.24) is 15.4 Å². The molecule has 0 unspecified atom stereocenters. The summed E-state index contributed by atoms with van der Waals surface area (Å²) in [7, 11) is -1.88. The molecule has 2 aromatic carbocycles. The van der Waals surface area contributed by atoms with Crippen LogP contribution < -0.4 is 20.1 Å². The lowest BCUT2D eigenvalue weighted by atomic mass is 10.2. The van der Waals surface area contributed by atoms with E-state index in [0.717, 1.165) is 18.4 Å². The van der Waals surface area contributed by atoms with Crippen LogP contribution in [-0.4, -0.2) is 34.1 Å². The molecular weight excluding hydrogens is 541 g/mol. The van der Waals surface area contributed by atoms with E-state index < -0.39 is 16.6 Å². The number of para-hydroxylation sites is 1. The van der Waals surface area contributed by atoms with Crippen LogP contribution in [0.15, 0.2) is 58.4 Å². The van der Waals surface area contributed by atoms with Crippen molar-refractivity contribution in [3.8, 4) is 5.75 Å². The highest BCUT2D eigenvalue weighted by Crippen LogP contribution is 2.22. The third-order valence-corrected chi connectivity index (χ3v) is 5.99. The number of aliphatic imine (C=N–C) groups is 1. The van der Waals surface area contributed by atoms with Crippen LogP contribution >= 0.6 is 24.0 Å². The molecule has 31 heavy (non-hydrogen) atoms. The average molecular weight is 566 g/mol. The summed E-state index contributed by atoms with van der Waals surface area (Å²) in [6, 6.07) is 13.2. The highest BCUT2D eigenvalue weighted by atomic mass is 127. The topological polar surface area (TPSA) is 91.8 Å². The van der Waals surface area contributed by atoms with E-state index in [1.807, 2.05) is 0 Å². The van der Waals surface area contributed by atoms with Crippen LogP contribution in [0.5, 0.6) is 5.75 Å². The molecule has 0 saturated heterocycles. The van der Waals surface area contributed by atoms with E-state index in [-0.39, 0.29) is 47.2 Å². The molecule has 0 radical (unpaired) electrons. The van der Waals surface area contributed by atoms with Crippen LogP contribution in [-0.2, 0) is 23.1 Å². The van der Waals surface area contributed by atoms with Gasteiger partial charge in [-0.05, 0) is 36.6 Å². The second-order valence-corrected chi connectivity index (χ2v) is 8.52. The van der Waals surface area contributed by atoms with E-state index in [4.69, 9.17) is 0 Å². The molecule has 0 bridgehead atoms. The van der Waals surface area contributed by atoms with E-state index in [9.17, 15) is 17.2 Å². The number of benzene rings is 2. The Morgan fingerprint density at radius 3 is 2.35 bits per heavy atom. The molecule has 3 rings (SSSR count). The Bertz CT molecular complexity index is 984. The monoisotopic (exact) mass is 566 g/mol. The smallest absolute Gasteiger partial charge is 0.387 e. The zero-order valence-electron chi connectivity index (χ0n) is 16.8. The van der Waals surface area contributed by atoms with Crippen LogP contribution in [0.3, 0.4) is 0 Å². The van der Waals surface area contributed by atoms with Crippen LogP contribution in [0.1, 0.15) is 24.0 Å². The van der Waals surface area contributed by atoms with Gasteiger partial charge in [0, 0.05) is 31.7 Å². The number of hydrogen-bond donors (Lipinski definition) is 3. The number of nitrogens with one attached hydrogen (secondary N) is 3. The summed E-state index contributed by atoms with van der Waals surface area (Å²) in [5, 5.41) is 6.14. The molecule has 0 aliphatic heterocycles. The van der Waals surface area contributed by atoms with Gasteiger partial charge in [-0.25, -0.2) is 13.1 Å². The number of hydrogen-bond acceptors (Lipinski definition) is 4. The fraction of sp³-hybridized carbons (Fsp3) is 0.350. The van der Waals surface area contributed by atoms with Gasteiger partial charge in [0.2, 0.25) is 10.0 Å². The number of guanidine groups is 1. The molecule has 0 spiro atoms. The van der Waals surface area contributed by atoms with Gasteiger partial charge in [-0.1, -0.05) is 30.3 Å². The van der Waals surface area contributed by atoms with Gasteiger partial charge < -0.3 is 15.4 Å². The van der Waals surface area contributed by atoms with Gasteiger partial charge in [0.05, 0.1) is 4.90 Å². The number of ether oxygens (including phenoxy) is 1. The lowest BCUT2D eigenvalue weighted by Crippen LogP contribution is -2.36. The molecule has 0 amide bonds. The molecule has 7 nitrogen and oxygen atoms in total. The van der Waals surface area contributed by atoms with Gasteiger partial charge in [-0.2, -0.15) is 8.78 Å². The van der Waals surface area contributed by atoms with Crippen LogP contribution in [0.25, 0.3) is 0 Å². The minimum absolute atomic E-state index is 0. The van der Waals surface area contributed by atoms with Crippen molar-refractivity contribution < 1.29 is 21.9 Å². The third kappa shape index (κ3) is 7.89. The first-order chi connectivity index (χ1) is 14.4. The first-order valence-electron chi connectivity index (χ1n) is 9.46. The SMILES string of the molecule is CN=C(NCc1ccc(S(=O)(=O)NC2CC2)cc1)NCc1ccccc1OC(F)F.I. The van der Waals surface area contributed by atoms with Crippen LogP contribution in [0.4, 0.5) is 8.78 Å². The van der Waals surface area contributed by atoms with Crippen molar-refractivity contribution in [3.63, 3.8) is 0 Å². The van der Waals surface area contributed by atoms with Gasteiger partial charge in [-0.3, -0.25) is 4.99 Å². The lowest BCUT2D eigenvalue weighted by molar-refractivity contribution is -0.0504. The van der Waals surface area contributed by atoms with Gasteiger partial charge in [0.15, 0.2) is 5.96 Å². The van der Waals surface area contributed by atoms with Crippen molar-refractivity contribution in [2.75, 3.05) is 7.05 Å². The maximum absolute atomic E-state index is 12.5. The number of alkyl halides is 2. The number of sulfonamides is 1. The predicted octanol–water partition coefficient (Wildman–Crippen LogP) is 3.21. The molecule has 1 saturated carbocycles. The quantitative estimate of drug-likeness (QED) is 0.247. The molecule has 1 aliphatic carbocycles. The minimum Gasteiger partial charge on any atom is -0.434 e.